The van der Waals surface area contributed by atoms with E-state index < -0.39 is 6.86 Å². The Kier molecular flexibility index (Phi) is 4.97. The lowest BCUT2D eigenvalue weighted by Crippen LogP contribution is -2.17. The van der Waals surface area contributed by atoms with E-state index in [1.165, 1.54) is 16.8 Å². The second-order valence-corrected chi connectivity index (χ2v) is 6.44. The zero-order chi connectivity index (χ0) is 17.8. The fraction of sp³-hybridized carbons (Fsp3) is 0.286. The van der Waals surface area contributed by atoms with E-state index in [0.29, 0.717) is 5.75 Å². The van der Waals surface area contributed by atoms with Crippen LogP contribution < -0.4 is 10.1 Å². The summed E-state index contributed by atoms with van der Waals surface area (Å²) in [5.74, 6) is 0.535. The molecule has 4 nitrogen and oxygen atoms in total. The molecule has 0 bridgehead atoms. The average molecular weight is 351 g/mol. The minimum absolute atomic E-state index is 0.535. The third kappa shape index (κ3) is 3.48. The summed E-state index contributed by atoms with van der Waals surface area (Å²) in [5, 5.41) is 8.42. The molecule has 134 valence electrons. The predicted molar refractivity (Wildman–Crippen MR) is 100 cm³/mol. The number of rotatable bonds is 5. The van der Waals surface area contributed by atoms with Gasteiger partial charge in [-0.05, 0) is 42.8 Å². The van der Waals surface area contributed by atoms with Crippen LogP contribution in [0.5, 0.6) is 5.75 Å². The van der Waals surface area contributed by atoms with Crippen LogP contribution >= 0.6 is 0 Å². The Bertz CT molecular complexity index is 859. The molecule has 1 aromatic heterocycles. The quantitative estimate of drug-likeness (QED) is 0.763. The second kappa shape index (κ2) is 7.70. The molecule has 4 rings (SSSR count). The Morgan fingerprint density at radius 1 is 1.00 bits per heavy atom. The average Bonchev–Trinajstić information content (AvgIpc) is 2.85. The molecule has 1 aliphatic heterocycles. The molecule has 26 heavy (non-hydrogen) atoms. The molecule has 2 heterocycles. The van der Waals surface area contributed by atoms with Gasteiger partial charge in [-0.1, -0.05) is 30.3 Å². The molecule has 0 atom stereocenters. The lowest BCUT2D eigenvalue weighted by atomic mass is 10.0. The van der Waals surface area contributed by atoms with Crippen molar-refractivity contribution in [2.75, 3.05) is 20.0 Å². The molecule has 0 spiro atoms. The molecule has 0 fully saturated rings. The van der Waals surface area contributed by atoms with E-state index in [0.717, 1.165) is 43.7 Å². The maximum Gasteiger partial charge on any atom is 0.228 e. The Morgan fingerprint density at radius 2 is 1.77 bits per heavy atom. The number of aromatic nitrogens is 2. The summed E-state index contributed by atoms with van der Waals surface area (Å²) >= 11 is 0. The molecule has 0 radical (unpaired) electrons. The summed E-state index contributed by atoms with van der Waals surface area (Å²) in [6, 6.07) is 17.9. The monoisotopic (exact) mass is 351 g/mol. The second-order valence-electron chi connectivity index (χ2n) is 6.44. The highest BCUT2D eigenvalue weighted by Crippen LogP contribution is 2.29. The van der Waals surface area contributed by atoms with E-state index in [4.69, 9.17) is 9.84 Å². The van der Waals surface area contributed by atoms with Crippen molar-refractivity contribution >= 4 is 0 Å². The van der Waals surface area contributed by atoms with Gasteiger partial charge in [-0.3, -0.25) is 4.68 Å². The zero-order valence-corrected chi connectivity index (χ0v) is 14.6. The third-order valence-corrected chi connectivity index (χ3v) is 4.78. The summed E-state index contributed by atoms with van der Waals surface area (Å²) < 4.78 is 19.4. The summed E-state index contributed by atoms with van der Waals surface area (Å²) in [4.78, 5) is 0. The highest BCUT2D eigenvalue weighted by molar-refractivity contribution is 5.65. The van der Waals surface area contributed by atoms with E-state index >= 15 is 0 Å². The van der Waals surface area contributed by atoms with E-state index in [2.05, 4.69) is 34.3 Å². The van der Waals surface area contributed by atoms with Crippen molar-refractivity contribution in [2.24, 2.45) is 0 Å². The molecule has 0 amide bonds. The highest BCUT2D eigenvalue weighted by atomic mass is 19.1. The number of nitrogens with one attached hydrogen (secondary N) is 1. The van der Waals surface area contributed by atoms with Crippen LogP contribution in [-0.4, -0.2) is 29.7 Å². The van der Waals surface area contributed by atoms with Gasteiger partial charge in [0.15, 0.2) is 0 Å². The summed E-state index contributed by atoms with van der Waals surface area (Å²) in [7, 11) is 0. The molecule has 0 unspecified atom stereocenters. The van der Waals surface area contributed by atoms with Crippen molar-refractivity contribution in [3.8, 4) is 17.0 Å². The molecular weight excluding hydrogens is 329 g/mol. The number of alkyl halides is 1. The molecule has 2 aromatic carbocycles. The third-order valence-electron chi connectivity index (χ3n) is 4.78. The van der Waals surface area contributed by atoms with Gasteiger partial charge in [0.05, 0.1) is 12.2 Å². The Morgan fingerprint density at radius 3 is 2.54 bits per heavy atom. The normalized spacial score (nSPS) is 13.9. The van der Waals surface area contributed by atoms with Crippen LogP contribution in [0.1, 0.15) is 16.8 Å². The Labute approximate surface area is 152 Å². The summed E-state index contributed by atoms with van der Waals surface area (Å²) in [5.41, 5.74) is 5.92. The van der Waals surface area contributed by atoms with Crippen molar-refractivity contribution in [1.29, 1.82) is 0 Å². The first kappa shape index (κ1) is 16.8. The van der Waals surface area contributed by atoms with Gasteiger partial charge in [0, 0.05) is 29.8 Å². The van der Waals surface area contributed by atoms with Gasteiger partial charge in [-0.2, -0.15) is 5.10 Å². The number of fused-ring (bicyclic) bond motifs is 1. The van der Waals surface area contributed by atoms with Crippen LogP contribution in [0.4, 0.5) is 4.39 Å². The highest BCUT2D eigenvalue weighted by Gasteiger charge is 2.20. The Hall–Kier alpha value is -2.66. The van der Waals surface area contributed by atoms with Gasteiger partial charge >= 0.3 is 0 Å². The molecule has 0 saturated carbocycles. The molecular formula is C21H22FN3O. The number of benzene rings is 2. The fourth-order valence-corrected chi connectivity index (χ4v) is 3.51. The summed E-state index contributed by atoms with van der Waals surface area (Å²) in [6.45, 7) is 1.88. The smallest absolute Gasteiger partial charge is 0.228 e. The lowest BCUT2D eigenvalue weighted by Gasteiger charge is -2.07. The maximum absolute atomic E-state index is 12.3. The van der Waals surface area contributed by atoms with Crippen LogP contribution in [0.25, 0.3) is 11.3 Å². The van der Waals surface area contributed by atoms with Gasteiger partial charge in [0.2, 0.25) is 6.86 Å². The van der Waals surface area contributed by atoms with Gasteiger partial charge < -0.3 is 10.1 Å². The van der Waals surface area contributed by atoms with Crippen LogP contribution in [0, 0.1) is 0 Å². The van der Waals surface area contributed by atoms with Crippen LogP contribution in [-0.2, 0) is 19.4 Å². The SMILES string of the molecule is FCOc1ccc(-c2nn(Cc3ccccc3)c3c2CCNCC3)cc1. The van der Waals surface area contributed by atoms with Crippen molar-refractivity contribution in [3.05, 3.63) is 71.4 Å². The predicted octanol–water partition coefficient (Wildman–Crippen LogP) is 3.59. The van der Waals surface area contributed by atoms with Gasteiger partial charge in [-0.25, -0.2) is 4.39 Å². The van der Waals surface area contributed by atoms with Crippen LogP contribution in [0.15, 0.2) is 54.6 Å². The molecule has 5 heteroatoms. The first-order valence-corrected chi connectivity index (χ1v) is 8.97. The number of hydrogen-bond acceptors (Lipinski definition) is 3. The largest absolute Gasteiger partial charge is 0.463 e. The zero-order valence-electron chi connectivity index (χ0n) is 14.6. The van der Waals surface area contributed by atoms with Crippen molar-refractivity contribution in [1.82, 2.24) is 15.1 Å². The maximum atomic E-state index is 12.3. The lowest BCUT2D eigenvalue weighted by molar-refractivity contribution is 0.192. The summed E-state index contributed by atoms with van der Waals surface area (Å²) in [6.07, 6.45) is 1.93. The van der Waals surface area contributed by atoms with Crippen LogP contribution in [0.3, 0.4) is 0 Å². The van der Waals surface area contributed by atoms with E-state index in [1.54, 1.807) is 12.1 Å². The van der Waals surface area contributed by atoms with Crippen molar-refractivity contribution in [3.63, 3.8) is 0 Å². The topological polar surface area (TPSA) is 39.1 Å². The first-order chi connectivity index (χ1) is 12.8. The van der Waals surface area contributed by atoms with E-state index in [1.807, 2.05) is 18.2 Å². The van der Waals surface area contributed by atoms with Gasteiger partial charge in [-0.15, -0.1) is 0 Å². The van der Waals surface area contributed by atoms with Crippen molar-refractivity contribution in [2.45, 2.75) is 19.4 Å². The number of halogens is 1. The molecule has 1 aliphatic rings. The minimum atomic E-state index is -0.813. The van der Waals surface area contributed by atoms with Crippen molar-refractivity contribution < 1.29 is 9.13 Å². The molecule has 0 saturated heterocycles. The minimum Gasteiger partial charge on any atom is -0.463 e. The first-order valence-electron chi connectivity index (χ1n) is 8.97. The van der Waals surface area contributed by atoms with Crippen LogP contribution in [0.2, 0.25) is 0 Å². The van der Waals surface area contributed by atoms with E-state index in [9.17, 15) is 4.39 Å². The standard InChI is InChI=1S/C21H22FN3O/c22-15-26-18-8-6-17(7-9-18)21-19-10-12-23-13-11-20(19)25(24-21)14-16-4-2-1-3-5-16/h1-9,23H,10-15H2. The number of hydrogen-bond donors (Lipinski definition) is 1. The molecule has 3 aromatic rings. The number of nitrogens with zero attached hydrogens (tertiary/aromatic N) is 2. The Balaban J connectivity index is 1.72. The number of ether oxygens (including phenoxy) is 1. The fourth-order valence-electron chi connectivity index (χ4n) is 3.51. The molecule has 0 aliphatic carbocycles. The van der Waals surface area contributed by atoms with Gasteiger partial charge in [0.25, 0.3) is 0 Å². The van der Waals surface area contributed by atoms with Gasteiger partial charge in [0.1, 0.15) is 5.75 Å². The van der Waals surface area contributed by atoms with E-state index in [-0.39, 0.29) is 0 Å². The molecule has 1 N–H and O–H groups in total.